The summed E-state index contributed by atoms with van der Waals surface area (Å²) >= 11 is 0. The summed E-state index contributed by atoms with van der Waals surface area (Å²) in [7, 11) is 0. The first kappa shape index (κ1) is 11.2. The Balaban J connectivity index is 3.11. The van der Waals surface area contributed by atoms with Crippen molar-refractivity contribution in [3.05, 3.63) is 35.1 Å². The highest BCUT2D eigenvalue weighted by molar-refractivity contribution is 5.33. The second kappa shape index (κ2) is 4.57. The molecule has 0 aromatic heterocycles. The first-order chi connectivity index (χ1) is 7.10. The van der Waals surface area contributed by atoms with Crippen LogP contribution in [0.15, 0.2) is 18.2 Å². The molecular formula is C12H11FN2. The zero-order valence-electron chi connectivity index (χ0n) is 8.66. The van der Waals surface area contributed by atoms with E-state index in [-0.39, 0.29) is 5.92 Å². The Bertz CT molecular complexity index is 440. The molecule has 0 saturated heterocycles. The van der Waals surface area contributed by atoms with Crippen molar-refractivity contribution in [2.75, 3.05) is 0 Å². The first-order valence-corrected chi connectivity index (χ1v) is 4.68. The van der Waals surface area contributed by atoms with E-state index in [1.54, 1.807) is 26.0 Å². The molecule has 0 amide bonds. The summed E-state index contributed by atoms with van der Waals surface area (Å²) in [6.07, 6.45) is 0. The molecule has 76 valence electrons. The van der Waals surface area contributed by atoms with E-state index >= 15 is 0 Å². The van der Waals surface area contributed by atoms with E-state index in [0.29, 0.717) is 11.1 Å². The van der Waals surface area contributed by atoms with Crippen molar-refractivity contribution in [3.8, 4) is 12.1 Å². The molecule has 0 aliphatic rings. The lowest BCUT2D eigenvalue weighted by Crippen LogP contribution is -1.98. The fraction of sp³-hybridized carbons (Fsp3) is 0.333. The van der Waals surface area contributed by atoms with Crippen LogP contribution in [0.2, 0.25) is 0 Å². The molecule has 0 radical (unpaired) electrons. The third kappa shape index (κ3) is 2.33. The highest BCUT2D eigenvalue weighted by Gasteiger charge is 2.12. The van der Waals surface area contributed by atoms with Crippen LogP contribution in [0.4, 0.5) is 4.39 Å². The molecule has 0 bridgehead atoms. The summed E-state index contributed by atoms with van der Waals surface area (Å²) in [5, 5.41) is 17.3. The fourth-order valence-corrected chi connectivity index (χ4v) is 1.31. The van der Waals surface area contributed by atoms with E-state index in [1.165, 1.54) is 6.07 Å². The number of rotatable bonds is 2. The molecule has 1 aromatic carbocycles. The molecule has 0 spiro atoms. The van der Waals surface area contributed by atoms with Crippen LogP contribution in [0.25, 0.3) is 0 Å². The number of hydrogen-bond donors (Lipinski definition) is 0. The highest BCUT2D eigenvalue weighted by atomic mass is 19.1. The highest BCUT2D eigenvalue weighted by Crippen LogP contribution is 2.22. The molecule has 0 heterocycles. The summed E-state index contributed by atoms with van der Waals surface area (Å²) in [5.41, 5.74) is 1.02. The van der Waals surface area contributed by atoms with Crippen molar-refractivity contribution >= 4 is 0 Å². The van der Waals surface area contributed by atoms with E-state index in [9.17, 15) is 4.39 Å². The van der Waals surface area contributed by atoms with Crippen molar-refractivity contribution in [2.45, 2.75) is 25.7 Å². The lowest BCUT2D eigenvalue weighted by Gasteiger charge is -2.08. The normalized spacial score (nSPS) is 13.7. The van der Waals surface area contributed by atoms with Gasteiger partial charge in [0.1, 0.15) is 5.82 Å². The monoisotopic (exact) mass is 202 g/mol. The van der Waals surface area contributed by atoms with Crippen LogP contribution in [0.1, 0.15) is 36.8 Å². The van der Waals surface area contributed by atoms with Gasteiger partial charge in [-0.05, 0) is 25.5 Å². The Kier molecular flexibility index (Phi) is 3.42. The topological polar surface area (TPSA) is 47.6 Å². The van der Waals surface area contributed by atoms with Gasteiger partial charge >= 0.3 is 0 Å². The summed E-state index contributed by atoms with van der Waals surface area (Å²) in [4.78, 5) is 0. The van der Waals surface area contributed by atoms with Crippen molar-refractivity contribution in [1.82, 2.24) is 0 Å². The number of benzene rings is 1. The molecule has 0 aliphatic heterocycles. The lowest BCUT2D eigenvalue weighted by atomic mass is 9.96. The molecule has 0 fully saturated rings. The summed E-state index contributed by atoms with van der Waals surface area (Å²) in [5.74, 6) is -1.20. The zero-order valence-corrected chi connectivity index (χ0v) is 8.66. The van der Waals surface area contributed by atoms with E-state index < -0.39 is 11.7 Å². The number of hydrogen-bond acceptors (Lipinski definition) is 2. The van der Waals surface area contributed by atoms with Crippen molar-refractivity contribution in [2.24, 2.45) is 0 Å². The first-order valence-electron chi connectivity index (χ1n) is 4.68. The van der Waals surface area contributed by atoms with E-state index in [4.69, 9.17) is 10.5 Å². The van der Waals surface area contributed by atoms with Crippen LogP contribution in [0.5, 0.6) is 0 Å². The molecule has 15 heavy (non-hydrogen) atoms. The van der Waals surface area contributed by atoms with Gasteiger partial charge in [0.15, 0.2) is 0 Å². The summed E-state index contributed by atoms with van der Waals surface area (Å²) < 4.78 is 13.5. The molecule has 1 aromatic rings. The van der Waals surface area contributed by atoms with Gasteiger partial charge in [0.05, 0.1) is 24.0 Å². The quantitative estimate of drug-likeness (QED) is 0.739. The van der Waals surface area contributed by atoms with Crippen LogP contribution in [-0.2, 0) is 0 Å². The number of nitrogens with zero attached hydrogens (tertiary/aromatic N) is 2. The minimum Gasteiger partial charge on any atom is -0.207 e. The van der Waals surface area contributed by atoms with Crippen molar-refractivity contribution in [3.63, 3.8) is 0 Å². The van der Waals surface area contributed by atoms with Gasteiger partial charge in [-0.1, -0.05) is 12.1 Å². The minimum absolute atomic E-state index is 0.328. The average molecular weight is 202 g/mol. The fourth-order valence-electron chi connectivity index (χ4n) is 1.31. The molecule has 0 N–H and O–H groups in total. The van der Waals surface area contributed by atoms with Crippen LogP contribution in [0.3, 0.4) is 0 Å². The lowest BCUT2D eigenvalue weighted by molar-refractivity contribution is 0.603. The molecule has 3 heteroatoms. The standard InChI is InChI=1S/C12H11FN2/c1-8(6-14)10-3-4-11(9(2)7-15)12(13)5-10/h3-5,8-9H,1-2H3. The summed E-state index contributed by atoms with van der Waals surface area (Å²) in [6.45, 7) is 3.36. The van der Waals surface area contributed by atoms with Crippen LogP contribution >= 0.6 is 0 Å². The molecule has 0 saturated carbocycles. The Labute approximate surface area is 88.6 Å². The molecule has 2 atom stereocenters. The van der Waals surface area contributed by atoms with Crippen LogP contribution in [-0.4, -0.2) is 0 Å². The van der Waals surface area contributed by atoms with Gasteiger partial charge in [-0.25, -0.2) is 4.39 Å². The maximum atomic E-state index is 13.5. The van der Waals surface area contributed by atoms with Crippen LogP contribution in [0, 0.1) is 28.5 Å². The van der Waals surface area contributed by atoms with Gasteiger partial charge in [-0.2, -0.15) is 10.5 Å². The predicted molar refractivity (Wildman–Crippen MR) is 54.5 cm³/mol. The van der Waals surface area contributed by atoms with Gasteiger partial charge in [0.25, 0.3) is 0 Å². The molecule has 0 aliphatic carbocycles. The second-order valence-corrected chi connectivity index (χ2v) is 3.48. The smallest absolute Gasteiger partial charge is 0.128 e. The van der Waals surface area contributed by atoms with Gasteiger partial charge in [-0.15, -0.1) is 0 Å². The molecule has 2 unspecified atom stereocenters. The van der Waals surface area contributed by atoms with E-state index in [2.05, 4.69) is 0 Å². The second-order valence-electron chi connectivity index (χ2n) is 3.48. The Morgan fingerprint density at radius 1 is 1.13 bits per heavy atom. The van der Waals surface area contributed by atoms with Gasteiger partial charge in [-0.3, -0.25) is 0 Å². The average Bonchev–Trinajstić information content (AvgIpc) is 2.26. The number of halogens is 1. The van der Waals surface area contributed by atoms with E-state index in [0.717, 1.165) is 0 Å². The third-order valence-corrected chi connectivity index (χ3v) is 2.38. The SMILES string of the molecule is CC(C#N)c1ccc(C(C)C#N)c(F)c1. The Morgan fingerprint density at radius 2 is 1.73 bits per heavy atom. The molecular weight excluding hydrogens is 191 g/mol. The van der Waals surface area contributed by atoms with Crippen LogP contribution < -0.4 is 0 Å². The third-order valence-electron chi connectivity index (χ3n) is 2.38. The number of nitriles is 2. The maximum Gasteiger partial charge on any atom is 0.128 e. The van der Waals surface area contributed by atoms with E-state index in [1.807, 2.05) is 12.1 Å². The van der Waals surface area contributed by atoms with Crippen molar-refractivity contribution in [1.29, 1.82) is 10.5 Å². The summed E-state index contributed by atoms with van der Waals surface area (Å²) in [6, 6.07) is 8.62. The zero-order chi connectivity index (χ0) is 11.4. The molecule has 2 nitrogen and oxygen atoms in total. The predicted octanol–water partition coefficient (Wildman–Crippen LogP) is 3.08. The van der Waals surface area contributed by atoms with Crippen molar-refractivity contribution < 1.29 is 4.39 Å². The van der Waals surface area contributed by atoms with Gasteiger partial charge in [0.2, 0.25) is 0 Å². The maximum absolute atomic E-state index is 13.5. The van der Waals surface area contributed by atoms with Gasteiger partial charge < -0.3 is 0 Å². The molecule has 1 rings (SSSR count). The Hall–Kier alpha value is -1.87. The largest absolute Gasteiger partial charge is 0.207 e. The minimum atomic E-state index is -0.462. The Morgan fingerprint density at radius 3 is 2.20 bits per heavy atom. The van der Waals surface area contributed by atoms with Gasteiger partial charge in [0, 0.05) is 5.56 Å².